The number of rotatable bonds is 3. The van der Waals surface area contributed by atoms with Gasteiger partial charge in [-0.05, 0) is 31.0 Å². The second-order valence-corrected chi connectivity index (χ2v) is 4.97. The van der Waals surface area contributed by atoms with Crippen LogP contribution in [-0.4, -0.2) is 18.4 Å². The summed E-state index contributed by atoms with van der Waals surface area (Å²) in [6.45, 7) is 3.95. The van der Waals surface area contributed by atoms with Crippen molar-refractivity contribution in [2.75, 3.05) is 7.05 Å². The highest BCUT2D eigenvalue weighted by molar-refractivity contribution is 5.91. The summed E-state index contributed by atoms with van der Waals surface area (Å²) in [6, 6.07) is 8.35. The van der Waals surface area contributed by atoms with Gasteiger partial charge in [-0.1, -0.05) is 38.1 Å². The highest BCUT2D eigenvalue weighted by atomic mass is 16.1. The van der Waals surface area contributed by atoms with E-state index in [1.807, 2.05) is 33.0 Å². The first-order valence-corrected chi connectivity index (χ1v) is 5.89. The predicted molar refractivity (Wildman–Crippen MR) is 67.6 cm³/mol. The molecular weight excluding hydrogens is 198 g/mol. The van der Waals surface area contributed by atoms with Gasteiger partial charge < -0.3 is 5.32 Å². The first-order chi connectivity index (χ1) is 7.59. The lowest BCUT2D eigenvalue weighted by atomic mass is 9.84. The predicted octanol–water partition coefficient (Wildman–Crippen LogP) is 2.21. The Bertz CT molecular complexity index is 389. The molecule has 88 valence electrons. The maximum absolute atomic E-state index is 12.3. The molecule has 0 spiro atoms. The third-order valence-electron chi connectivity index (χ3n) is 3.58. The van der Waals surface area contributed by atoms with E-state index in [0.717, 1.165) is 12.8 Å². The van der Waals surface area contributed by atoms with Crippen molar-refractivity contribution in [1.29, 1.82) is 0 Å². The standard InChI is InChI=1S/C14H19NO.H2/c1-10(2)13(16)14(15-3)8-11-6-4-5-7-12(11)9-14;/h4-7,10,15H,8-9H2,1-3H3;1H. The van der Waals surface area contributed by atoms with E-state index in [-0.39, 0.29) is 12.9 Å². The number of Topliss-reactive ketones (excluding diaryl/α,β-unsaturated/α-hetero) is 1. The van der Waals surface area contributed by atoms with Crippen LogP contribution in [0.1, 0.15) is 26.4 Å². The molecule has 2 heteroatoms. The van der Waals surface area contributed by atoms with Crippen LogP contribution >= 0.6 is 0 Å². The van der Waals surface area contributed by atoms with Crippen LogP contribution in [0.3, 0.4) is 0 Å². The van der Waals surface area contributed by atoms with Gasteiger partial charge in [-0.25, -0.2) is 0 Å². The Morgan fingerprint density at radius 3 is 2.19 bits per heavy atom. The van der Waals surface area contributed by atoms with Gasteiger partial charge in [-0.3, -0.25) is 4.79 Å². The lowest BCUT2D eigenvalue weighted by Gasteiger charge is -2.28. The number of hydrogen-bond donors (Lipinski definition) is 1. The van der Waals surface area contributed by atoms with Gasteiger partial charge in [0, 0.05) is 7.34 Å². The second-order valence-electron chi connectivity index (χ2n) is 4.97. The molecule has 0 fully saturated rings. The van der Waals surface area contributed by atoms with Crippen molar-refractivity contribution in [3.63, 3.8) is 0 Å². The summed E-state index contributed by atoms with van der Waals surface area (Å²) in [5.41, 5.74) is 2.26. The Kier molecular flexibility index (Phi) is 2.85. The summed E-state index contributed by atoms with van der Waals surface area (Å²) in [5.74, 6) is 0.410. The van der Waals surface area contributed by atoms with Crippen molar-refractivity contribution in [3.05, 3.63) is 35.4 Å². The van der Waals surface area contributed by atoms with E-state index < -0.39 is 0 Å². The molecule has 0 saturated heterocycles. The molecule has 1 aromatic rings. The third-order valence-corrected chi connectivity index (χ3v) is 3.58. The molecule has 0 heterocycles. The van der Waals surface area contributed by atoms with E-state index in [9.17, 15) is 4.79 Å². The fourth-order valence-electron chi connectivity index (χ4n) is 2.64. The topological polar surface area (TPSA) is 29.1 Å². The molecule has 0 saturated carbocycles. The van der Waals surface area contributed by atoms with E-state index in [0.29, 0.717) is 5.78 Å². The zero-order chi connectivity index (χ0) is 11.8. The van der Waals surface area contributed by atoms with Gasteiger partial charge in [-0.2, -0.15) is 0 Å². The number of fused-ring (bicyclic) bond motifs is 1. The smallest absolute Gasteiger partial charge is 0.156 e. The third kappa shape index (κ3) is 1.67. The second kappa shape index (κ2) is 4.02. The Hall–Kier alpha value is -1.15. The van der Waals surface area contributed by atoms with E-state index in [1.165, 1.54) is 11.1 Å². The molecule has 0 radical (unpaired) electrons. The summed E-state index contributed by atoms with van der Waals surface area (Å²) in [7, 11) is 1.90. The fourth-order valence-corrected chi connectivity index (χ4v) is 2.64. The van der Waals surface area contributed by atoms with Gasteiger partial charge in [0.25, 0.3) is 0 Å². The molecule has 0 aromatic heterocycles. The number of hydrogen-bond acceptors (Lipinski definition) is 2. The number of benzene rings is 1. The average molecular weight is 219 g/mol. The molecule has 1 N–H and O–H groups in total. The zero-order valence-electron chi connectivity index (χ0n) is 10.2. The highest BCUT2D eigenvalue weighted by Gasteiger charge is 2.42. The van der Waals surface area contributed by atoms with Crippen molar-refractivity contribution in [2.24, 2.45) is 5.92 Å². The molecule has 2 nitrogen and oxygen atoms in total. The molecular formula is C14H21NO. The number of ketones is 1. The maximum atomic E-state index is 12.3. The molecule has 0 aliphatic heterocycles. The highest BCUT2D eigenvalue weighted by Crippen LogP contribution is 2.32. The minimum atomic E-state index is -0.363. The van der Waals surface area contributed by atoms with Crippen molar-refractivity contribution < 1.29 is 6.22 Å². The first-order valence-electron chi connectivity index (χ1n) is 5.89. The van der Waals surface area contributed by atoms with Gasteiger partial charge in [0.15, 0.2) is 5.78 Å². The molecule has 2 rings (SSSR count). The Morgan fingerprint density at radius 1 is 1.31 bits per heavy atom. The van der Waals surface area contributed by atoms with Gasteiger partial charge in [0.05, 0.1) is 5.54 Å². The minimum Gasteiger partial charge on any atom is -0.307 e. The van der Waals surface area contributed by atoms with E-state index in [4.69, 9.17) is 0 Å². The number of nitrogens with one attached hydrogen (secondary N) is 1. The molecule has 1 aromatic carbocycles. The molecule has 1 aliphatic carbocycles. The number of likely N-dealkylation sites (N-methyl/N-ethyl adjacent to an activating group) is 1. The summed E-state index contributed by atoms with van der Waals surface area (Å²) in [5, 5.41) is 3.26. The normalized spacial score (nSPS) is 17.5. The van der Waals surface area contributed by atoms with Gasteiger partial charge >= 0.3 is 0 Å². The summed E-state index contributed by atoms with van der Waals surface area (Å²) in [6.07, 6.45) is 1.66. The average Bonchev–Trinajstić information content (AvgIpc) is 2.67. The van der Waals surface area contributed by atoms with Crippen LogP contribution in [0, 0.1) is 5.92 Å². The van der Waals surface area contributed by atoms with Crippen LogP contribution in [-0.2, 0) is 17.6 Å². The zero-order valence-corrected chi connectivity index (χ0v) is 10.2. The lowest BCUT2D eigenvalue weighted by Crippen LogP contribution is -2.53. The molecule has 0 atom stereocenters. The van der Waals surface area contributed by atoms with Gasteiger partial charge in [0.1, 0.15) is 0 Å². The van der Waals surface area contributed by atoms with Crippen LogP contribution in [0.2, 0.25) is 0 Å². The molecule has 1 aliphatic rings. The summed E-state index contributed by atoms with van der Waals surface area (Å²) in [4.78, 5) is 12.3. The van der Waals surface area contributed by atoms with E-state index in [2.05, 4.69) is 17.4 Å². The minimum absolute atomic E-state index is 0. The molecule has 16 heavy (non-hydrogen) atoms. The van der Waals surface area contributed by atoms with Crippen LogP contribution < -0.4 is 5.32 Å². The monoisotopic (exact) mass is 219 g/mol. The van der Waals surface area contributed by atoms with Crippen molar-refractivity contribution in [1.82, 2.24) is 5.32 Å². The number of carbonyl (C=O) groups excluding carboxylic acids is 1. The Morgan fingerprint density at radius 2 is 1.81 bits per heavy atom. The fraction of sp³-hybridized carbons (Fsp3) is 0.500. The van der Waals surface area contributed by atoms with Crippen LogP contribution in [0.25, 0.3) is 0 Å². The maximum Gasteiger partial charge on any atom is 0.156 e. The molecule has 0 unspecified atom stereocenters. The van der Waals surface area contributed by atoms with Crippen molar-refractivity contribution >= 4 is 5.78 Å². The quantitative estimate of drug-likeness (QED) is 0.844. The molecule has 0 amide bonds. The SMILES string of the molecule is CNC1(C(=O)C(C)C)Cc2ccccc2C1.[HH]. The van der Waals surface area contributed by atoms with E-state index in [1.54, 1.807) is 0 Å². The summed E-state index contributed by atoms with van der Waals surface area (Å²) < 4.78 is 0. The lowest BCUT2D eigenvalue weighted by molar-refractivity contribution is -0.128. The van der Waals surface area contributed by atoms with Crippen molar-refractivity contribution in [3.8, 4) is 0 Å². The van der Waals surface area contributed by atoms with Crippen molar-refractivity contribution in [2.45, 2.75) is 32.2 Å². The van der Waals surface area contributed by atoms with Gasteiger partial charge in [-0.15, -0.1) is 0 Å². The first kappa shape index (κ1) is 11.3. The van der Waals surface area contributed by atoms with Crippen LogP contribution in [0.5, 0.6) is 0 Å². The van der Waals surface area contributed by atoms with Gasteiger partial charge in [0.2, 0.25) is 0 Å². The summed E-state index contributed by atoms with van der Waals surface area (Å²) >= 11 is 0. The Labute approximate surface area is 98.5 Å². The van der Waals surface area contributed by atoms with Crippen LogP contribution in [0.4, 0.5) is 0 Å². The molecule has 0 bridgehead atoms. The van der Waals surface area contributed by atoms with E-state index >= 15 is 0 Å². The Balaban J connectivity index is 0.00000144. The van der Waals surface area contributed by atoms with Crippen LogP contribution in [0.15, 0.2) is 24.3 Å². The largest absolute Gasteiger partial charge is 0.307 e. The number of carbonyl (C=O) groups is 1.